The third kappa shape index (κ3) is 5.13. The molecular weight excluding hydrogens is 232 g/mol. The summed E-state index contributed by atoms with van der Waals surface area (Å²) in [6, 6.07) is 3.68. The summed E-state index contributed by atoms with van der Waals surface area (Å²) in [5, 5.41) is 3.27. The molecule has 0 fully saturated rings. The third-order valence-corrected chi connectivity index (χ3v) is 3.16. The minimum Gasteiger partial charge on any atom is -0.310 e. The minimum absolute atomic E-state index is 0.0724. The van der Waals surface area contributed by atoms with Crippen LogP contribution in [0.3, 0.4) is 0 Å². The Bertz CT molecular complexity index is 352. The van der Waals surface area contributed by atoms with Crippen molar-refractivity contribution >= 4 is 0 Å². The second kappa shape index (κ2) is 8.20. The second-order valence-electron chi connectivity index (χ2n) is 4.76. The molecule has 0 spiro atoms. The monoisotopic (exact) mass is 255 g/mol. The summed E-state index contributed by atoms with van der Waals surface area (Å²) >= 11 is 0. The van der Waals surface area contributed by atoms with E-state index in [4.69, 9.17) is 0 Å². The van der Waals surface area contributed by atoms with E-state index in [2.05, 4.69) is 12.2 Å². The molecule has 102 valence electrons. The van der Waals surface area contributed by atoms with E-state index in [9.17, 15) is 8.78 Å². The Morgan fingerprint density at radius 3 is 2.50 bits per heavy atom. The Hall–Kier alpha value is -0.960. The van der Waals surface area contributed by atoms with Crippen LogP contribution in [0.2, 0.25) is 0 Å². The predicted octanol–water partition coefficient (Wildman–Crippen LogP) is 4.59. The molecule has 1 N–H and O–H groups in total. The van der Waals surface area contributed by atoms with Gasteiger partial charge in [0.25, 0.3) is 0 Å². The number of rotatable bonds is 8. The first-order valence-corrected chi connectivity index (χ1v) is 6.83. The predicted molar refractivity (Wildman–Crippen MR) is 71.5 cm³/mol. The van der Waals surface area contributed by atoms with Crippen molar-refractivity contribution in [2.24, 2.45) is 0 Å². The molecule has 0 heterocycles. The molecule has 0 radical (unpaired) electrons. The number of unbranched alkanes of at least 4 members (excludes halogenated alkanes) is 4. The number of hydrogen-bond acceptors (Lipinski definition) is 1. The van der Waals surface area contributed by atoms with E-state index in [-0.39, 0.29) is 6.04 Å². The Balaban J connectivity index is 2.29. The molecule has 1 unspecified atom stereocenters. The van der Waals surface area contributed by atoms with Crippen LogP contribution in [0.15, 0.2) is 18.2 Å². The van der Waals surface area contributed by atoms with Crippen molar-refractivity contribution in [1.29, 1.82) is 0 Å². The fraction of sp³-hybridized carbons (Fsp3) is 0.600. The van der Waals surface area contributed by atoms with Crippen molar-refractivity contribution in [1.82, 2.24) is 5.32 Å². The van der Waals surface area contributed by atoms with Gasteiger partial charge >= 0.3 is 0 Å². The second-order valence-corrected chi connectivity index (χ2v) is 4.76. The van der Waals surface area contributed by atoms with E-state index in [1.54, 1.807) is 0 Å². The fourth-order valence-electron chi connectivity index (χ4n) is 2.01. The summed E-state index contributed by atoms with van der Waals surface area (Å²) in [5.74, 6) is -0.996. The quantitative estimate of drug-likeness (QED) is 0.670. The molecule has 1 rings (SSSR count). The molecule has 0 saturated heterocycles. The molecule has 1 aromatic carbocycles. The lowest BCUT2D eigenvalue weighted by atomic mass is 10.1. The van der Waals surface area contributed by atoms with Gasteiger partial charge in [0.15, 0.2) is 0 Å². The van der Waals surface area contributed by atoms with E-state index in [1.807, 2.05) is 6.92 Å². The molecular formula is C15H23F2N. The molecule has 0 aromatic heterocycles. The van der Waals surface area contributed by atoms with Crippen LogP contribution in [0, 0.1) is 11.6 Å². The first-order valence-electron chi connectivity index (χ1n) is 6.83. The first-order chi connectivity index (χ1) is 8.65. The Labute approximate surface area is 109 Å². The molecule has 1 nitrogen and oxygen atoms in total. The number of nitrogens with one attached hydrogen (secondary N) is 1. The summed E-state index contributed by atoms with van der Waals surface area (Å²) in [6.07, 6.45) is 6.09. The van der Waals surface area contributed by atoms with E-state index < -0.39 is 11.6 Å². The molecule has 0 amide bonds. The van der Waals surface area contributed by atoms with Gasteiger partial charge < -0.3 is 5.32 Å². The minimum atomic E-state index is -0.525. The zero-order chi connectivity index (χ0) is 13.4. The van der Waals surface area contributed by atoms with Crippen LogP contribution < -0.4 is 5.32 Å². The number of hydrogen-bond donors (Lipinski definition) is 1. The molecule has 18 heavy (non-hydrogen) atoms. The van der Waals surface area contributed by atoms with Gasteiger partial charge in [-0.2, -0.15) is 0 Å². The van der Waals surface area contributed by atoms with Crippen molar-refractivity contribution in [3.05, 3.63) is 35.4 Å². The highest BCUT2D eigenvalue weighted by atomic mass is 19.1. The lowest BCUT2D eigenvalue weighted by molar-refractivity contribution is 0.501. The summed E-state index contributed by atoms with van der Waals surface area (Å²) in [4.78, 5) is 0. The number of halogens is 2. The van der Waals surface area contributed by atoms with Crippen LogP contribution in [-0.4, -0.2) is 6.54 Å². The van der Waals surface area contributed by atoms with Gasteiger partial charge in [-0.1, -0.05) is 38.7 Å². The molecule has 0 aliphatic heterocycles. The van der Waals surface area contributed by atoms with Crippen LogP contribution in [0.1, 0.15) is 57.6 Å². The van der Waals surface area contributed by atoms with Gasteiger partial charge in [0.05, 0.1) is 0 Å². The first kappa shape index (κ1) is 15.1. The van der Waals surface area contributed by atoms with Gasteiger partial charge in [-0.05, 0) is 26.0 Å². The highest BCUT2D eigenvalue weighted by molar-refractivity contribution is 5.21. The van der Waals surface area contributed by atoms with Crippen LogP contribution in [0.25, 0.3) is 0 Å². The van der Waals surface area contributed by atoms with Crippen LogP contribution in [0.4, 0.5) is 8.78 Å². The molecule has 0 aliphatic carbocycles. The molecule has 1 atom stereocenters. The maximum Gasteiger partial charge on any atom is 0.130 e. The van der Waals surface area contributed by atoms with Gasteiger partial charge in [0.1, 0.15) is 11.6 Å². The Morgan fingerprint density at radius 2 is 1.83 bits per heavy atom. The zero-order valence-corrected chi connectivity index (χ0v) is 11.3. The van der Waals surface area contributed by atoms with Crippen molar-refractivity contribution in [3.8, 4) is 0 Å². The lowest BCUT2D eigenvalue weighted by Crippen LogP contribution is -2.20. The maximum absolute atomic E-state index is 13.5. The van der Waals surface area contributed by atoms with Crippen molar-refractivity contribution in [2.75, 3.05) is 6.54 Å². The average molecular weight is 255 g/mol. The standard InChI is InChI=1S/C15H23F2N/c1-3-4-5-6-7-10-18-12(2)14-9-8-13(16)11-15(14)17/h8-9,11-12,18H,3-7,10H2,1-2H3. The topological polar surface area (TPSA) is 12.0 Å². The van der Waals surface area contributed by atoms with E-state index in [0.717, 1.165) is 19.0 Å². The molecule has 0 aliphatic rings. The summed E-state index contributed by atoms with van der Waals surface area (Å²) in [6.45, 7) is 4.97. The normalized spacial score (nSPS) is 12.7. The Kier molecular flexibility index (Phi) is 6.88. The van der Waals surface area contributed by atoms with Crippen LogP contribution >= 0.6 is 0 Å². The lowest BCUT2D eigenvalue weighted by Gasteiger charge is -2.15. The SMILES string of the molecule is CCCCCCCNC(C)c1ccc(F)cc1F. The highest BCUT2D eigenvalue weighted by Crippen LogP contribution is 2.17. The zero-order valence-electron chi connectivity index (χ0n) is 11.3. The largest absolute Gasteiger partial charge is 0.310 e. The van der Waals surface area contributed by atoms with E-state index >= 15 is 0 Å². The Morgan fingerprint density at radius 1 is 1.11 bits per heavy atom. The van der Waals surface area contributed by atoms with Gasteiger partial charge in [-0.3, -0.25) is 0 Å². The molecule has 0 bridgehead atoms. The van der Waals surface area contributed by atoms with E-state index in [0.29, 0.717) is 5.56 Å². The summed E-state index contributed by atoms with van der Waals surface area (Å²) < 4.78 is 26.3. The van der Waals surface area contributed by atoms with Gasteiger partial charge in [-0.25, -0.2) is 8.78 Å². The van der Waals surface area contributed by atoms with Crippen molar-refractivity contribution in [2.45, 2.75) is 52.0 Å². The van der Waals surface area contributed by atoms with Gasteiger partial charge in [0.2, 0.25) is 0 Å². The van der Waals surface area contributed by atoms with Gasteiger partial charge in [-0.15, -0.1) is 0 Å². The molecule has 0 saturated carbocycles. The van der Waals surface area contributed by atoms with Crippen molar-refractivity contribution < 1.29 is 8.78 Å². The average Bonchev–Trinajstić information content (AvgIpc) is 2.33. The number of benzene rings is 1. The maximum atomic E-state index is 13.5. The fourth-order valence-corrected chi connectivity index (χ4v) is 2.01. The highest BCUT2D eigenvalue weighted by Gasteiger charge is 2.10. The van der Waals surface area contributed by atoms with Crippen LogP contribution in [0.5, 0.6) is 0 Å². The van der Waals surface area contributed by atoms with Crippen LogP contribution in [-0.2, 0) is 0 Å². The van der Waals surface area contributed by atoms with Gasteiger partial charge in [0, 0.05) is 17.7 Å². The molecule has 1 aromatic rings. The van der Waals surface area contributed by atoms with Crippen molar-refractivity contribution in [3.63, 3.8) is 0 Å². The summed E-state index contributed by atoms with van der Waals surface area (Å²) in [7, 11) is 0. The third-order valence-electron chi connectivity index (χ3n) is 3.16. The molecule has 3 heteroatoms. The summed E-state index contributed by atoms with van der Waals surface area (Å²) in [5.41, 5.74) is 0.532. The van der Waals surface area contributed by atoms with E-state index in [1.165, 1.54) is 37.8 Å². The smallest absolute Gasteiger partial charge is 0.130 e.